The van der Waals surface area contributed by atoms with Crippen molar-refractivity contribution in [3.63, 3.8) is 0 Å². The van der Waals surface area contributed by atoms with Crippen molar-refractivity contribution in [2.24, 2.45) is 0 Å². The van der Waals surface area contributed by atoms with Gasteiger partial charge in [-0.1, -0.05) is 12.1 Å². The number of alkyl halides is 3. The highest BCUT2D eigenvalue weighted by Gasteiger charge is 2.31. The molecule has 0 bridgehead atoms. The van der Waals surface area contributed by atoms with Crippen LogP contribution < -0.4 is 0 Å². The molecule has 3 aromatic rings. The van der Waals surface area contributed by atoms with Crippen LogP contribution in [0.15, 0.2) is 46.2 Å². The van der Waals surface area contributed by atoms with E-state index in [1.54, 1.807) is 4.90 Å². The number of carbonyl (C=O) groups is 1. The predicted molar refractivity (Wildman–Crippen MR) is 100 cm³/mol. The molecule has 0 spiro atoms. The SMILES string of the molecule is O=C(c1cccc(C(F)(F)F)c1)N1CCN(Cc2nnc(-c3cccs3)o2)CC1. The Balaban J connectivity index is 1.34. The molecule has 10 heteroatoms. The number of thiophene rings is 1. The number of hydrogen-bond donors (Lipinski definition) is 0. The summed E-state index contributed by atoms with van der Waals surface area (Å²) in [6.07, 6.45) is -4.47. The second-order valence-electron chi connectivity index (χ2n) is 6.63. The summed E-state index contributed by atoms with van der Waals surface area (Å²) in [4.78, 5) is 17.1. The van der Waals surface area contributed by atoms with E-state index >= 15 is 0 Å². The van der Waals surface area contributed by atoms with Crippen LogP contribution in [0.3, 0.4) is 0 Å². The van der Waals surface area contributed by atoms with Gasteiger partial charge in [0.15, 0.2) is 0 Å². The fourth-order valence-corrected chi connectivity index (χ4v) is 3.77. The molecule has 6 nitrogen and oxygen atoms in total. The van der Waals surface area contributed by atoms with Crippen LogP contribution in [0.1, 0.15) is 21.8 Å². The van der Waals surface area contributed by atoms with Crippen molar-refractivity contribution in [1.29, 1.82) is 0 Å². The van der Waals surface area contributed by atoms with Gasteiger partial charge in [0.25, 0.3) is 11.8 Å². The standard InChI is InChI=1S/C19H17F3N4O2S/c20-19(21,22)14-4-1-3-13(11-14)18(27)26-8-6-25(7-9-26)12-16-23-24-17(28-16)15-5-2-10-29-15/h1-5,10-11H,6-9,12H2. The Hall–Kier alpha value is -2.72. The Labute approximate surface area is 168 Å². The van der Waals surface area contributed by atoms with Gasteiger partial charge < -0.3 is 9.32 Å². The summed E-state index contributed by atoms with van der Waals surface area (Å²) in [6, 6.07) is 8.34. The van der Waals surface area contributed by atoms with Crippen LogP contribution in [0, 0.1) is 0 Å². The van der Waals surface area contributed by atoms with E-state index in [9.17, 15) is 18.0 Å². The zero-order valence-electron chi connectivity index (χ0n) is 15.2. The number of benzene rings is 1. The molecule has 152 valence electrons. The van der Waals surface area contributed by atoms with E-state index in [0.29, 0.717) is 44.5 Å². The highest BCUT2D eigenvalue weighted by molar-refractivity contribution is 7.13. The number of rotatable bonds is 4. The van der Waals surface area contributed by atoms with Crippen LogP contribution >= 0.6 is 11.3 Å². The third kappa shape index (κ3) is 4.48. The summed E-state index contributed by atoms with van der Waals surface area (Å²) in [5.41, 5.74) is -0.773. The molecule has 0 aliphatic carbocycles. The molecule has 1 aliphatic heterocycles. The molecule has 0 atom stereocenters. The zero-order chi connectivity index (χ0) is 20.4. The molecule has 1 amide bonds. The minimum atomic E-state index is -4.47. The highest BCUT2D eigenvalue weighted by Crippen LogP contribution is 2.30. The van der Waals surface area contributed by atoms with Gasteiger partial charge in [0.1, 0.15) is 0 Å². The molecule has 0 radical (unpaired) electrons. The van der Waals surface area contributed by atoms with Crippen molar-refractivity contribution in [3.8, 4) is 10.8 Å². The summed E-state index contributed by atoms with van der Waals surface area (Å²) in [5.74, 6) is 0.577. The molecule has 4 rings (SSSR count). The van der Waals surface area contributed by atoms with Crippen molar-refractivity contribution >= 4 is 17.2 Å². The Kier molecular flexibility index (Phi) is 5.37. The minimum Gasteiger partial charge on any atom is -0.419 e. The fraction of sp³-hybridized carbons (Fsp3) is 0.316. The molecule has 3 heterocycles. The van der Waals surface area contributed by atoms with Gasteiger partial charge in [-0.05, 0) is 29.6 Å². The molecule has 2 aromatic heterocycles. The van der Waals surface area contributed by atoms with Gasteiger partial charge >= 0.3 is 6.18 Å². The molecule has 0 saturated carbocycles. The first-order valence-electron chi connectivity index (χ1n) is 8.95. The lowest BCUT2D eigenvalue weighted by Gasteiger charge is -2.34. The molecule has 1 saturated heterocycles. The number of amides is 1. The average Bonchev–Trinajstić information content (AvgIpc) is 3.39. The topological polar surface area (TPSA) is 62.5 Å². The Morgan fingerprint density at radius 2 is 1.90 bits per heavy atom. The number of piperazine rings is 1. The van der Waals surface area contributed by atoms with Gasteiger partial charge in [-0.15, -0.1) is 21.5 Å². The number of aromatic nitrogens is 2. The average molecular weight is 422 g/mol. The minimum absolute atomic E-state index is 0.0470. The number of nitrogens with zero attached hydrogens (tertiary/aromatic N) is 4. The first-order valence-corrected chi connectivity index (χ1v) is 9.83. The maximum Gasteiger partial charge on any atom is 0.416 e. The number of hydrogen-bond acceptors (Lipinski definition) is 6. The summed E-state index contributed by atoms with van der Waals surface area (Å²) < 4.78 is 44.3. The predicted octanol–water partition coefficient (Wildman–Crippen LogP) is 3.77. The smallest absolute Gasteiger partial charge is 0.416 e. The molecule has 1 aromatic carbocycles. The molecule has 29 heavy (non-hydrogen) atoms. The summed E-state index contributed by atoms with van der Waals surface area (Å²) in [5, 5.41) is 10.0. The van der Waals surface area contributed by atoms with Gasteiger partial charge in [0, 0.05) is 31.7 Å². The van der Waals surface area contributed by atoms with Crippen LogP contribution in [0.25, 0.3) is 10.8 Å². The molecule has 0 unspecified atom stereocenters. The fourth-order valence-electron chi connectivity index (χ4n) is 3.13. The van der Waals surface area contributed by atoms with E-state index in [1.165, 1.54) is 23.5 Å². The van der Waals surface area contributed by atoms with E-state index in [4.69, 9.17) is 4.42 Å². The van der Waals surface area contributed by atoms with Gasteiger partial charge in [-0.3, -0.25) is 9.69 Å². The van der Waals surface area contributed by atoms with Crippen LogP contribution in [0.5, 0.6) is 0 Å². The Bertz CT molecular complexity index is 980. The van der Waals surface area contributed by atoms with Crippen molar-refractivity contribution in [1.82, 2.24) is 20.0 Å². The lowest BCUT2D eigenvalue weighted by Crippen LogP contribution is -2.48. The summed E-state index contributed by atoms with van der Waals surface area (Å²) in [7, 11) is 0. The number of carbonyl (C=O) groups excluding carboxylic acids is 1. The van der Waals surface area contributed by atoms with Crippen LogP contribution in [-0.4, -0.2) is 52.1 Å². The van der Waals surface area contributed by atoms with Crippen molar-refractivity contribution in [3.05, 3.63) is 58.8 Å². The largest absolute Gasteiger partial charge is 0.419 e. The number of halogens is 3. The van der Waals surface area contributed by atoms with Crippen molar-refractivity contribution in [2.75, 3.05) is 26.2 Å². The lowest BCUT2D eigenvalue weighted by atomic mass is 10.1. The second kappa shape index (κ2) is 7.96. The van der Waals surface area contributed by atoms with E-state index in [1.807, 2.05) is 17.5 Å². The molecule has 0 N–H and O–H groups in total. The lowest BCUT2D eigenvalue weighted by molar-refractivity contribution is -0.137. The monoisotopic (exact) mass is 422 g/mol. The quantitative estimate of drug-likeness (QED) is 0.641. The van der Waals surface area contributed by atoms with Crippen LogP contribution in [0.2, 0.25) is 0 Å². The van der Waals surface area contributed by atoms with Crippen molar-refractivity contribution in [2.45, 2.75) is 12.7 Å². The highest BCUT2D eigenvalue weighted by atomic mass is 32.1. The van der Waals surface area contributed by atoms with E-state index in [0.717, 1.165) is 17.0 Å². The van der Waals surface area contributed by atoms with E-state index in [2.05, 4.69) is 15.1 Å². The molecule has 1 fully saturated rings. The van der Waals surface area contributed by atoms with Crippen molar-refractivity contribution < 1.29 is 22.4 Å². The Morgan fingerprint density at radius 1 is 1.10 bits per heavy atom. The molecular formula is C19H17F3N4O2S. The normalized spacial score (nSPS) is 15.6. The zero-order valence-corrected chi connectivity index (χ0v) is 16.0. The van der Waals surface area contributed by atoms with Gasteiger partial charge in [-0.2, -0.15) is 13.2 Å². The Morgan fingerprint density at radius 3 is 2.59 bits per heavy atom. The van der Waals surface area contributed by atoms with E-state index < -0.39 is 17.6 Å². The second-order valence-corrected chi connectivity index (χ2v) is 7.57. The van der Waals surface area contributed by atoms with Crippen LogP contribution in [-0.2, 0) is 12.7 Å². The summed E-state index contributed by atoms with van der Waals surface area (Å²) in [6.45, 7) is 2.44. The van der Waals surface area contributed by atoms with Gasteiger partial charge in [0.05, 0.1) is 17.0 Å². The van der Waals surface area contributed by atoms with E-state index in [-0.39, 0.29) is 5.56 Å². The molecule has 1 aliphatic rings. The molecular weight excluding hydrogens is 405 g/mol. The van der Waals surface area contributed by atoms with Crippen LogP contribution in [0.4, 0.5) is 13.2 Å². The maximum absolute atomic E-state index is 12.9. The summed E-state index contributed by atoms with van der Waals surface area (Å²) >= 11 is 1.51. The van der Waals surface area contributed by atoms with Gasteiger partial charge in [0.2, 0.25) is 5.89 Å². The third-order valence-electron chi connectivity index (χ3n) is 4.65. The van der Waals surface area contributed by atoms with Gasteiger partial charge in [-0.25, -0.2) is 0 Å². The first kappa shape index (κ1) is 19.6. The maximum atomic E-state index is 12.9. The third-order valence-corrected chi connectivity index (χ3v) is 5.51. The first-order chi connectivity index (χ1) is 13.9.